The number of benzene rings is 8. The number of hydrogen-bond acceptors (Lipinski definition) is 4. The number of phenolic OH excluding ortho intramolecular Hbond substituents is 1. The maximum absolute atomic E-state index is 11.3. The lowest BCUT2D eigenvalue weighted by Gasteiger charge is -2.15. The number of nitrogens with zero attached hydrogens (tertiary/aromatic N) is 3. The van der Waals surface area contributed by atoms with E-state index in [0.717, 1.165) is 88.7 Å². The number of phenols is 1. The van der Waals surface area contributed by atoms with Gasteiger partial charge in [-0.15, -0.1) is 0 Å². The van der Waals surface area contributed by atoms with Crippen LogP contribution in [0.3, 0.4) is 0 Å². The zero-order valence-electron chi connectivity index (χ0n) is 30.7. The summed E-state index contributed by atoms with van der Waals surface area (Å²) in [5, 5.41) is 15.7. The molecule has 11 aromatic rings. The molecule has 0 fully saturated rings. The van der Waals surface area contributed by atoms with E-state index in [4.69, 9.17) is 14.4 Å². The van der Waals surface area contributed by atoms with Crippen molar-refractivity contribution in [3.05, 3.63) is 194 Å². The lowest BCUT2D eigenvalue weighted by atomic mass is 9.94. The van der Waals surface area contributed by atoms with Gasteiger partial charge in [0.25, 0.3) is 0 Å². The Morgan fingerprint density at radius 3 is 1.93 bits per heavy atom. The highest BCUT2D eigenvalue weighted by Crippen LogP contribution is 2.43. The van der Waals surface area contributed by atoms with Gasteiger partial charge in [0, 0.05) is 33.7 Å². The highest BCUT2D eigenvalue weighted by atomic mass is 16.3. The summed E-state index contributed by atoms with van der Waals surface area (Å²) in [6.07, 6.45) is 1.88. The second-order valence-corrected chi connectivity index (χ2v) is 14.3. The van der Waals surface area contributed by atoms with Crippen molar-refractivity contribution in [3.63, 3.8) is 0 Å². The summed E-state index contributed by atoms with van der Waals surface area (Å²) >= 11 is 0. The number of fused-ring (bicyclic) bond motifs is 5. The molecule has 8 aromatic carbocycles. The van der Waals surface area contributed by atoms with Crippen LogP contribution < -0.4 is 0 Å². The molecule has 3 heterocycles. The maximum Gasteiger partial charge on any atom is 0.161 e. The summed E-state index contributed by atoms with van der Waals surface area (Å²) in [6, 6.07) is 64.3. The van der Waals surface area contributed by atoms with Gasteiger partial charge in [-0.1, -0.05) is 127 Å². The predicted octanol–water partition coefficient (Wildman–Crippen LogP) is 13.5. The third kappa shape index (κ3) is 5.48. The topological polar surface area (TPSA) is 64.1 Å². The van der Waals surface area contributed by atoms with Gasteiger partial charge in [0.05, 0.1) is 22.3 Å². The van der Waals surface area contributed by atoms with Crippen LogP contribution in [0.1, 0.15) is 0 Å². The Labute approximate surface area is 328 Å². The van der Waals surface area contributed by atoms with E-state index >= 15 is 0 Å². The minimum atomic E-state index is 0.166. The predicted molar refractivity (Wildman–Crippen MR) is 232 cm³/mol. The Morgan fingerprint density at radius 2 is 1.12 bits per heavy atom. The maximum atomic E-state index is 11.3. The van der Waals surface area contributed by atoms with Crippen molar-refractivity contribution in [2.24, 2.45) is 0 Å². The van der Waals surface area contributed by atoms with Gasteiger partial charge in [-0.05, 0) is 93.7 Å². The summed E-state index contributed by atoms with van der Waals surface area (Å²) in [5.41, 5.74) is 12.9. The minimum Gasteiger partial charge on any atom is -0.507 e. The van der Waals surface area contributed by atoms with Crippen LogP contribution in [0.5, 0.6) is 5.75 Å². The van der Waals surface area contributed by atoms with Crippen molar-refractivity contribution in [2.45, 2.75) is 0 Å². The summed E-state index contributed by atoms with van der Waals surface area (Å²) in [4.78, 5) is 10.4. The molecule has 5 nitrogen and oxygen atoms in total. The van der Waals surface area contributed by atoms with Crippen LogP contribution in [-0.4, -0.2) is 19.6 Å². The van der Waals surface area contributed by atoms with Gasteiger partial charge < -0.3 is 9.52 Å². The van der Waals surface area contributed by atoms with Crippen LogP contribution in [0.2, 0.25) is 0 Å². The number of furan rings is 1. The van der Waals surface area contributed by atoms with Crippen molar-refractivity contribution >= 4 is 43.7 Å². The SMILES string of the molecule is Oc1ccccc1-c1nc2c(-c3cc(-c4ccccc4)cc(-c4nccc5c4oc4cc6ccccc6cc45)c3)cccc2n1-c1ccccc1-c1ccccc1. The molecule has 0 aliphatic rings. The highest BCUT2D eigenvalue weighted by molar-refractivity contribution is 6.13. The molecule has 0 radical (unpaired) electrons. The molecule has 0 spiro atoms. The molecule has 0 saturated heterocycles. The van der Waals surface area contributed by atoms with Crippen LogP contribution in [0.4, 0.5) is 0 Å². The largest absolute Gasteiger partial charge is 0.507 e. The molecule has 3 aromatic heterocycles. The van der Waals surface area contributed by atoms with E-state index in [1.807, 2.05) is 42.6 Å². The first kappa shape index (κ1) is 32.7. The van der Waals surface area contributed by atoms with Gasteiger partial charge in [0.15, 0.2) is 5.58 Å². The second-order valence-electron chi connectivity index (χ2n) is 14.3. The summed E-state index contributed by atoms with van der Waals surface area (Å²) < 4.78 is 8.86. The molecular formula is C52H33N3O2. The number of hydrogen-bond donors (Lipinski definition) is 1. The van der Waals surface area contributed by atoms with Gasteiger partial charge in [-0.2, -0.15) is 0 Å². The molecular weight excluding hydrogens is 699 g/mol. The van der Waals surface area contributed by atoms with Crippen molar-refractivity contribution in [2.75, 3.05) is 0 Å². The van der Waals surface area contributed by atoms with Crippen LogP contribution in [0, 0.1) is 0 Å². The van der Waals surface area contributed by atoms with Gasteiger partial charge >= 0.3 is 0 Å². The summed E-state index contributed by atoms with van der Waals surface area (Å²) in [7, 11) is 0. The molecule has 0 unspecified atom stereocenters. The van der Waals surface area contributed by atoms with E-state index in [-0.39, 0.29) is 5.75 Å². The zero-order valence-corrected chi connectivity index (χ0v) is 30.7. The molecule has 11 rings (SSSR count). The lowest BCUT2D eigenvalue weighted by molar-refractivity contribution is 0.477. The van der Waals surface area contributed by atoms with Crippen LogP contribution in [-0.2, 0) is 0 Å². The average Bonchev–Trinajstić information content (AvgIpc) is 3.84. The number of rotatable bonds is 6. The fourth-order valence-corrected chi connectivity index (χ4v) is 8.26. The Hall–Kier alpha value is -7.76. The van der Waals surface area contributed by atoms with E-state index in [1.54, 1.807) is 6.07 Å². The third-order valence-electron chi connectivity index (χ3n) is 10.9. The van der Waals surface area contributed by atoms with Gasteiger partial charge in [-0.25, -0.2) is 4.98 Å². The number of imidazole rings is 1. The number of aromatic nitrogens is 3. The molecule has 57 heavy (non-hydrogen) atoms. The third-order valence-corrected chi connectivity index (χ3v) is 10.9. The van der Waals surface area contributed by atoms with Gasteiger partial charge in [-0.3, -0.25) is 9.55 Å². The molecule has 268 valence electrons. The molecule has 1 N–H and O–H groups in total. The van der Waals surface area contributed by atoms with Crippen molar-refractivity contribution in [1.82, 2.24) is 14.5 Å². The standard InChI is InChI=1S/C52H33N3O2/c56-47-25-12-10-21-43(47)52-54-50-41(22-13-24-46(50)55(52)45-23-11-9-20-40(45)34-16-5-2-6-17-34)38-28-37(33-14-3-1-4-15-33)29-39(30-38)49-51-42(26-27-53-49)44-31-35-18-7-8-19-36(35)32-48(44)57-51/h1-32,56H. The Kier molecular flexibility index (Phi) is 7.57. The Morgan fingerprint density at radius 1 is 0.474 bits per heavy atom. The van der Waals surface area contributed by atoms with E-state index < -0.39 is 0 Å². The average molecular weight is 732 g/mol. The van der Waals surface area contributed by atoms with Crippen molar-refractivity contribution in [1.29, 1.82) is 0 Å². The van der Waals surface area contributed by atoms with Crippen LogP contribution in [0.15, 0.2) is 199 Å². The molecule has 0 amide bonds. The first-order valence-electron chi connectivity index (χ1n) is 19.0. The monoisotopic (exact) mass is 731 g/mol. The summed E-state index contributed by atoms with van der Waals surface area (Å²) in [6.45, 7) is 0. The molecule has 0 aliphatic carbocycles. The highest BCUT2D eigenvalue weighted by Gasteiger charge is 2.23. The zero-order chi connectivity index (χ0) is 37.9. The second kappa shape index (κ2) is 13.2. The first-order chi connectivity index (χ1) is 28.2. The van der Waals surface area contributed by atoms with E-state index in [9.17, 15) is 5.11 Å². The van der Waals surface area contributed by atoms with Gasteiger partial charge in [0.1, 0.15) is 22.9 Å². The minimum absolute atomic E-state index is 0.166. The molecule has 5 heteroatoms. The number of pyridine rings is 1. The molecule has 0 bridgehead atoms. The van der Waals surface area contributed by atoms with Crippen molar-refractivity contribution < 1.29 is 9.52 Å². The summed E-state index contributed by atoms with van der Waals surface area (Å²) in [5.74, 6) is 0.818. The van der Waals surface area contributed by atoms with Crippen molar-refractivity contribution in [3.8, 4) is 67.5 Å². The van der Waals surface area contributed by atoms with E-state index in [2.05, 4.69) is 150 Å². The van der Waals surface area contributed by atoms with E-state index in [0.29, 0.717) is 11.4 Å². The van der Waals surface area contributed by atoms with E-state index in [1.165, 1.54) is 5.39 Å². The Balaban J connectivity index is 1.18. The smallest absolute Gasteiger partial charge is 0.161 e. The fourth-order valence-electron chi connectivity index (χ4n) is 8.26. The van der Waals surface area contributed by atoms with Gasteiger partial charge in [0.2, 0.25) is 0 Å². The first-order valence-corrected chi connectivity index (χ1v) is 19.0. The fraction of sp³-hybridized carbons (Fsp3) is 0. The molecule has 0 saturated carbocycles. The number of aromatic hydroxyl groups is 1. The van der Waals surface area contributed by atoms with Crippen LogP contribution >= 0.6 is 0 Å². The molecule has 0 atom stereocenters. The number of para-hydroxylation sites is 3. The lowest BCUT2D eigenvalue weighted by Crippen LogP contribution is -2.00. The van der Waals surface area contributed by atoms with Crippen LogP contribution in [0.25, 0.3) is 105 Å². The Bertz CT molecular complexity index is 3310. The normalized spacial score (nSPS) is 11.6. The quantitative estimate of drug-likeness (QED) is 0.185. The molecule has 0 aliphatic heterocycles.